The fraction of sp³-hybridized carbons (Fsp3) is 0. The molecule has 10 rings (SSSR count). The first-order valence-electron chi connectivity index (χ1n) is 17.5. The summed E-state index contributed by atoms with van der Waals surface area (Å²) in [6.45, 7) is 0. The standard InChI is InChI=1S/C48H32N2S2/c1-5-14-34(15-6-1)49(35-16-7-2-8-17-35)38-26-29-45-44(31-38)43-23-13-22-40(48(43)52-45)33-24-27-41-42-28-25-39(32-47(42)51-46(41)30-33)50(36-18-9-3-10-19-36)37-20-11-4-12-21-37/h1-32H. The second-order valence-corrected chi connectivity index (χ2v) is 15.1. The van der Waals surface area contributed by atoms with E-state index in [0.717, 1.165) is 34.1 Å². The molecule has 2 nitrogen and oxygen atoms in total. The predicted molar refractivity (Wildman–Crippen MR) is 227 cm³/mol. The molecule has 0 unspecified atom stereocenters. The topological polar surface area (TPSA) is 6.48 Å². The maximum Gasteiger partial charge on any atom is 0.0476 e. The molecule has 2 heterocycles. The van der Waals surface area contributed by atoms with Crippen molar-refractivity contribution in [2.75, 3.05) is 9.80 Å². The lowest BCUT2D eigenvalue weighted by Crippen LogP contribution is -2.09. The molecule has 0 fully saturated rings. The van der Waals surface area contributed by atoms with Crippen LogP contribution in [-0.2, 0) is 0 Å². The SMILES string of the molecule is c1ccc(N(c2ccccc2)c2ccc3c(c2)sc2cc(-c4cccc5c4sc4ccc(N(c6ccccc6)c6ccccc6)cc45)ccc23)cc1. The van der Waals surface area contributed by atoms with Gasteiger partial charge in [0.05, 0.1) is 0 Å². The van der Waals surface area contributed by atoms with Crippen molar-refractivity contribution in [3.63, 3.8) is 0 Å². The van der Waals surface area contributed by atoms with E-state index in [1.807, 2.05) is 22.7 Å². The minimum atomic E-state index is 1.14. The number of fused-ring (bicyclic) bond motifs is 6. The molecule has 52 heavy (non-hydrogen) atoms. The Morgan fingerprint density at radius 3 is 1.37 bits per heavy atom. The van der Waals surface area contributed by atoms with E-state index in [9.17, 15) is 0 Å². The van der Waals surface area contributed by atoms with Crippen molar-refractivity contribution in [1.82, 2.24) is 0 Å². The van der Waals surface area contributed by atoms with Crippen molar-refractivity contribution in [1.29, 1.82) is 0 Å². The van der Waals surface area contributed by atoms with E-state index in [1.165, 1.54) is 51.5 Å². The normalized spacial score (nSPS) is 11.5. The van der Waals surface area contributed by atoms with E-state index < -0.39 is 0 Å². The Morgan fingerprint density at radius 2 is 0.788 bits per heavy atom. The summed E-state index contributed by atoms with van der Waals surface area (Å²) in [6, 6.07) is 70.1. The van der Waals surface area contributed by atoms with Gasteiger partial charge in [-0.2, -0.15) is 0 Å². The van der Waals surface area contributed by atoms with E-state index in [1.54, 1.807) is 0 Å². The zero-order valence-electron chi connectivity index (χ0n) is 28.2. The number of nitrogens with zero attached hydrogens (tertiary/aromatic N) is 2. The quantitative estimate of drug-likeness (QED) is 0.163. The van der Waals surface area contributed by atoms with Gasteiger partial charge in [-0.3, -0.25) is 0 Å². The van der Waals surface area contributed by atoms with Crippen molar-refractivity contribution in [3.8, 4) is 11.1 Å². The van der Waals surface area contributed by atoms with Crippen LogP contribution in [0.1, 0.15) is 0 Å². The van der Waals surface area contributed by atoms with E-state index >= 15 is 0 Å². The van der Waals surface area contributed by atoms with Gasteiger partial charge in [0, 0.05) is 74.5 Å². The number of para-hydroxylation sites is 4. The van der Waals surface area contributed by atoms with Gasteiger partial charge in [-0.15, -0.1) is 22.7 Å². The molecule has 4 heteroatoms. The van der Waals surface area contributed by atoms with Crippen LogP contribution in [0.3, 0.4) is 0 Å². The molecule has 0 aliphatic rings. The third-order valence-electron chi connectivity index (χ3n) is 9.82. The number of hydrogen-bond acceptors (Lipinski definition) is 4. The molecule has 0 N–H and O–H groups in total. The molecule has 0 bridgehead atoms. The van der Waals surface area contributed by atoms with E-state index in [4.69, 9.17) is 0 Å². The van der Waals surface area contributed by atoms with Gasteiger partial charge in [-0.25, -0.2) is 0 Å². The monoisotopic (exact) mass is 700 g/mol. The van der Waals surface area contributed by atoms with Crippen molar-refractivity contribution in [2.24, 2.45) is 0 Å². The van der Waals surface area contributed by atoms with Crippen LogP contribution in [0.2, 0.25) is 0 Å². The van der Waals surface area contributed by atoms with Gasteiger partial charge in [-0.1, -0.05) is 109 Å². The minimum absolute atomic E-state index is 1.14. The number of thiophene rings is 2. The van der Waals surface area contributed by atoms with Crippen LogP contribution in [0.25, 0.3) is 51.5 Å². The minimum Gasteiger partial charge on any atom is -0.310 e. The van der Waals surface area contributed by atoms with Crippen LogP contribution in [-0.4, -0.2) is 0 Å². The van der Waals surface area contributed by atoms with Crippen LogP contribution < -0.4 is 9.80 Å². The highest BCUT2D eigenvalue weighted by atomic mass is 32.1. The lowest BCUT2D eigenvalue weighted by molar-refractivity contribution is 1.29. The third-order valence-corrected chi connectivity index (χ3v) is 12.2. The van der Waals surface area contributed by atoms with Crippen LogP contribution in [0.15, 0.2) is 194 Å². The van der Waals surface area contributed by atoms with E-state index in [0.29, 0.717) is 0 Å². The molecule has 0 saturated carbocycles. The summed E-state index contributed by atoms with van der Waals surface area (Å²) in [6.07, 6.45) is 0. The number of rotatable bonds is 7. The summed E-state index contributed by atoms with van der Waals surface area (Å²) in [5, 5.41) is 5.18. The van der Waals surface area contributed by atoms with Crippen molar-refractivity contribution in [3.05, 3.63) is 194 Å². The number of anilines is 6. The van der Waals surface area contributed by atoms with Gasteiger partial charge in [0.1, 0.15) is 0 Å². The van der Waals surface area contributed by atoms with Gasteiger partial charge in [-0.05, 0) is 96.1 Å². The Balaban J connectivity index is 1.06. The molecule has 10 aromatic rings. The lowest BCUT2D eigenvalue weighted by atomic mass is 10.0. The molecular formula is C48H32N2S2. The summed E-state index contributed by atoms with van der Waals surface area (Å²) in [7, 11) is 0. The highest BCUT2D eigenvalue weighted by molar-refractivity contribution is 7.26. The molecule has 0 aliphatic heterocycles. The highest BCUT2D eigenvalue weighted by Gasteiger charge is 2.18. The number of benzene rings is 8. The summed E-state index contributed by atoms with van der Waals surface area (Å²) in [5.74, 6) is 0. The Labute approximate surface area is 310 Å². The molecule has 8 aromatic carbocycles. The molecule has 0 radical (unpaired) electrons. The Bertz CT molecular complexity index is 2760. The van der Waals surface area contributed by atoms with Crippen LogP contribution >= 0.6 is 22.7 Å². The molecule has 0 saturated heterocycles. The fourth-order valence-electron chi connectivity index (χ4n) is 7.43. The maximum absolute atomic E-state index is 2.39. The van der Waals surface area contributed by atoms with Crippen LogP contribution in [0, 0.1) is 0 Å². The average Bonchev–Trinajstić information content (AvgIpc) is 3.77. The second kappa shape index (κ2) is 12.8. The van der Waals surface area contributed by atoms with Crippen LogP contribution in [0.5, 0.6) is 0 Å². The van der Waals surface area contributed by atoms with Gasteiger partial charge >= 0.3 is 0 Å². The molecule has 2 aromatic heterocycles. The Morgan fingerprint density at radius 1 is 0.288 bits per heavy atom. The summed E-state index contributed by atoms with van der Waals surface area (Å²) >= 11 is 3.76. The zero-order valence-corrected chi connectivity index (χ0v) is 29.8. The van der Waals surface area contributed by atoms with Gasteiger partial charge < -0.3 is 9.80 Å². The Hall–Kier alpha value is -6.20. The first kappa shape index (κ1) is 30.6. The number of hydrogen-bond donors (Lipinski definition) is 0. The lowest BCUT2D eigenvalue weighted by Gasteiger charge is -2.25. The van der Waals surface area contributed by atoms with Gasteiger partial charge in [0.15, 0.2) is 0 Å². The fourth-order valence-corrected chi connectivity index (χ4v) is 9.82. The van der Waals surface area contributed by atoms with Gasteiger partial charge in [0.2, 0.25) is 0 Å². The molecule has 0 amide bonds. The summed E-state index contributed by atoms with van der Waals surface area (Å²) in [5.41, 5.74) is 9.42. The maximum atomic E-state index is 2.39. The predicted octanol–water partition coefficient (Wildman–Crippen LogP) is 15.0. The smallest absolute Gasteiger partial charge is 0.0476 e. The van der Waals surface area contributed by atoms with Crippen molar-refractivity contribution < 1.29 is 0 Å². The first-order chi connectivity index (χ1) is 25.8. The second-order valence-electron chi connectivity index (χ2n) is 13.0. The summed E-state index contributed by atoms with van der Waals surface area (Å²) in [4.78, 5) is 4.67. The molecule has 246 valence electrons. The highest BCUT2D eigenvalue weighted by Crippen LogP contribution is 2.45. The Kier molecular flexibility index (Phi) is 7.56. The molecular weight excluding hydrogens is 669 g/mol. The first-order valence-corrected chi connectivity index (χ1v) is 19.1. The average molecular weight is 701 g/mol. The van der Waals surface area contributed by atoms with E-state index in [-0.39, 0.29) is 0 Å². The largest absolute Gasteiger partial charge is 0.310 e. The molecule has 0 aliphatic carbocycles. The van der Waals surface area contributed by atoms with Gasteiger partial charge in [0.25, 0.3) is 0 Å². The van der Waals surface area contributed by atoms with Crippen LogP contribution in [0.4, 0.5) is 34.1 Å². The van der Waals surface area contributed by atoms with Crippen molar-refractivity contribution in [2.45, 2.75) is 0 Å². The van der Waals surface area contributed by atoms with Crippen molar-refractivity contribution >= 4 is 97.1 Å². The summed E-state index contributed by atoms with van der Waals surface area (Å²) < 4.78 is 5.21. The van der Waals surface area contributed by atoms with E-state index in [2.05, 4.69) is 204 Å². The zero-order chi connectivity index (χ0) is 34.4. The molecule has 0 atom stereocenters. The molecule has 0 spiro atoms. The third kappa shape index (κ3) is 5.32.